The van der Waals surface area contributed by atoms with Crippen molar-refractivity contribution in [2.75, 3.05) is 5.32 Å². The van der Waals surface area contributed by atoms with Crippen LogP contribution in [-0.2, 0) is 5.41 Å². The Labute approximate surface area is 156 Å². The molecule has 4 nitrogen and oxygen atoms in total. The Hall–Kier alpha value is -2.36. The number of carbonyl (C=O) groups excluding carboxylic acids is 1. The first-order chi connectivity index (χ1) is 12.4. The second-order valence-electron chi connectivity index (χ2n) is 8.19. The highest BCUT2D eigenvalue weighted by Crippen LogP contribution is 2.31. The minimum absolute atomic E-state index is 0.0304. The van der Waals surface area contributed by atoms with Gasteiger partial charge in [-0.1, -0.05) is 58.2 Å². The van der Waals surface area contributed by atoms with Crippen LogP contribution in [0.15, 0.2) is 42.7 Å². The summed E-state index contributed by atoms with van der Waals surface area (Å²) in [6.07, 6.45) is 9.24. The van der Waals surface area contributed by atoms with E-state index in [-0.39, 0.29) is 11.3 Å². The number of benzene rings is 1. The summed E-state index contributed by atoms with van der Waals surface area (Å²) in [6, 6.07) is 10.5. The second kappa shape index (κ2) is 7.90. The largest absolute Gasteiger partial charge is 0.354 e. The number of carbonyl (C=O) groups is 1. The van der Waals surface area contributed by atoms with Gasteiger partial charge in [0, 0.05) is 17.9 Å². The van der Waals surface area contributed by atoms with Crippen LogP contribution in [0.5, 0.6) is 0 Å². The number of pyridine rings is 1. The first-order valence-corrected chi connectivity index (χ1v) is 9.56. The van der Waals surface area contributed by atoms with Gasteiger partial charge in [-0.2, -0.15) is 0 Å². The lowest BCUT2D eigenvalue weighted by molar-refractivity contribution is 0.0927. The fourth-order valence-corrected chi connectivity index (χ4v) is 3.55. The Morgan fingerprint density at radius 3 is 2.54 bits per heavy atom. The van der Waals surface area contributed by atoms with Crippen molar-refractivity contribution < 1.29 is 4.79 Å². The molecular formula is C22H29N3O. The van der Waals surface area contributed by atoms with Crippen molar-refractivity contribution in [3.05, 3.63) is 53.9 Å². The van der Waals surface area contributed by atoms with Gasteiger partial charge < -0.3 is 10.6 Å². The fraction of sp³-hybridized carbons (Fsp3) is 0.455. The van der Waals surface area contributed by atoms with Crippen LogP contribution in [-0.4, -0.2) is 16.9 Å². The molecule has 1 heterocycles. The molecule has 2 N–H and O–H groups in total. The van der Waals surface area contributed by atoms with E-state index < -0.39 is 0 Å². The predicted molar refractivity (Wildman–Crippen MR) is 107 cm³/mol. The highest BCUT2D eigenvalue weighted by Gasteiger charge is 2.19. The summed E-state index contributed by atoms with van der Waals surface area (Å²) in [7, 11) is 0. The van der Waals surface area contributed by atoms with E-state index in [9.17, 15) is 4.79 Å². The van der Waals surface area contributed by atoms with Crippen molar-refractivity contribution in [2.45, 2.75) is 64.3 Å². The van der Waals surface area contributed by atoms with E-state index in [4.69, 9.17) is 0 Å². The Morgan fingerprint density at radius 2 is 1.81 bits per heavy atom. The topological polar surface area (TPSA) is 54.0 Å². The molecule has 1 aliphatic rings. The van der Waals surface area contributed by atoms with Gasteiger partial charge >= 0.3 is 0 Å². The molecule has 1 aromatic carbocycles. The lowest BCUT2D eigenvalue weighted by atomic mass is 9.86. The van der Waals surface area contributed by atoms with Gasteiger partial charge in [-0.3, -0.25) is 9.78 Å². The summed E-state index contributed by atoms with van der Waals surface area (Å²) in [5.74, 6) is -0.0304. The summed E-state index contributed by atoms with van der Waals surface area (Å²) >= 11 is 0. The average molecular weight is 351 g/mol. The Bertz CT molecular complexity index is 758. The van der Waals surface area contributed by atoms with E-state index >= 15 is 0 Å². The first-order valence-electron chi connectivity index (χ1n) is 9.56. The molecule has 0 saturated heterocycles. The quantitative estimate of drug-likeness (QED) is 0.797. The monoisotopic (exact) mass is 351 g/mol. The Kier molecular flexibility index (Phi) is 5.60. The minimum atomic E-state index is -0.0304. The zero-order valence-electron chi connectivity index (χ0n) is 16.0. The lowest BCUT2D eigenvalue weighted by Crippen LogP contribution is -2.36. The van der Waals surface area contributed by atoms with Gasteiger partial charge in [0.1, 0.15) is 0 Å². The average Bonchev–Trinajstić information content (AvgIpc) is 2.62. The van der Waals surface area contributed by atoms with E-state index in [1.807, 2.05) is 12.1 Å². The number of amides is 1. The maximum Gasteiger partial charge on any atom is 0.253 e. The van der Waals surface area contributed by atoms with Gasteiger partial charge in [-0.05, 0) is 36.0 Å². The molecule has 1 saturated carbocycles. The maximum atomic E-state index is 12.6. The third-order valence-corrected chi connectivity index (χ3v) is 4.95. The molecule has 3 rings (SSSR count). The van der Waals surface area contributed by atoms with Crippen LogP contribution in [0, 0.1) is 0 Å². The van der Waals surface area contributed by atoms with Crippen LogP contribution in [0.4, 0.5) is 11.4 Å². The molecular weight excluding hydrogens is 322 g/mol. The van der Waals surface area contributed by atoms with Gasteiger partial charge in [0.2, 0.25) is 0 Å². The van der Waals surface area contributed by atoms with Crippen LogP contribution in [0.25, 0.3) is 0 Å². The molecule has 1 aromatic heterocycles. The zero-order chi connectivity index (χ0) is 18.6. The molecule has 2 aromatic rings. The summed E-state index contributed by atoms with van der Waals surface area (Å²) in [6.45, 7) is 6.58. The molecule has 0 aliphatic heterocycles. The van der Waals surface area contributed by atoms with E-state index in [0.29, 0.717) is 11.6 Å². The molecule has 0 radical (unpaired) electrons. The number of anilines is 2. The molecule has 1 fully saturated rings. The van der Waals surface area contributed by atoms with Crippen LogP contribution in [0.3, 0.4) is 0 Å². The number of hydrogen-bond acceptors (Lipinski definition) is 3. The third kappa shape index (κ3) is 4.63. The Balaban J connectivity index is 1.75. The van der Waals surface area contributed by atoms with Crippen molar-refractivity contribution in [2.24, 2.45) is 0 Å². The normalized spacial score (nSPS) is 15.5. The molecule has 4 heteroatoms. The van der Waals surface area contributed by atoms with Gasteiger partial charge in [0.05, 0.1) is 17.4 Å². The third-order valence-electron chi connectivity index (χ3n) is 4.95. The van der Waals surface area contributed by atoms with E-state index in [1.54, 1.807) is 12.4 Å². The van der Waals surface area contributed by atoms with Gasteiger partial charge in [0.25, 0.3) is 5.91 Å². The van der Waals surface area contributed by atoms with Crippen molar-refractivity contribution >= 4 is 17.3 Å². The highest BCUT2D eigenvalue weighted by molar-refractivity contribution is 5.95. The molecule has 26 heavy (non-hydrogen) atoms. The molecule has 0 bridgehead atoms. The summed E-state index contributed by atoms with van der Waals surface area (Å²) in [5.41, 5.74) is 3.75. The van der Waals surface area contributed by atoms with E-state index in [1.165, 1.54) is 24.8 Å². The Morgan fingerprint density at radius 1 is 1.08 bits per heavy atom. The maximum absolute atomic E-state index is 12.6. The number of para-hydroxylation sites is 1. The molecule has 0 atom stereocenters. The van der Waals surface area contributed by atoms with Crippen molar-refractivity contribution in [1.82, 2.24) is 10.3 Å². The van der Waals surface area contributed by atoms with E-state index in [0.717, 1.165) is 24.2 Å². The minimum Gasteiger partial charge on any atom is -0.354 e. The molecule has 138 valence electrons. The lowest BCUT2D eigenvalue weighted by Gasteiger charge is -2.24. The van der Waals surface area contributed by atoms with E-state index in [2.05, 4.69) is 54.6 Å². The summed E-state index contributed by atoms with van der Waals surface area (Å²) in [5, 5.41) is 6.59. The van der Waals surface area contributed by atoms with Gasteiger partial charge in [-0.25, -0.2) is 0 Å². The molecule has 0 unspecified atom stereocenters. The van der Waals surface area contributed by atoms with Crippen molar-refractivity contribution in [1.29, 1.82) is 0 Å². The van der Waals surface area contributed by atoms with Crippen LogP contribution < -0.4 is 10.6 Å². The molecule has 1 aliphatic carbocycles. The van der Waals surface area contributed by atoms with Crippen molar-refractivity contribution in [3.8, 4) is 0 Å². The second-order valence-corrected chi connectivity index (χ2v) is 8.19. The highest BCUT2D eigenvalue weighted by atomic mass is 16.1. The SMILES string of the molecule is CC(C)(C)c1ccccc1Nc1cncc(C(=O)NC2CCCCC2)c1. The number of nitrogens with one attached hydrogen (secondary N) is 2. The van der Waals surface area contributed by atoms with Gasteiger partial charge in [0.15, 0.2) is 0 Å². The fourth-order valence-electron chi connectivity index (χ4n) is 3.55. The number of aromatic nitrogens is 1. The number of rotatable bonds is 4. The van der Waals surface area contributed by atoms with Crippen LogP contribution >= 0.6 is 0 Å². The summed E-state index contributed by atoms with van der Waals surface area (Å²) < 4.78 is 0. The van der Waals surface area contributed by atoms with Crippen LogP contribution in [0.2, 0.25) is 0 Å². The predicted octanol–water partition coefficient (Wildman–Crippen LogP) is 5.19. The standard InChI is InChI=1S/C22H29N3O/c1-22(2,3)19-11-7-8-12-20(19)24-18-13-16(14-23-15-18)21(26)25-17-9-5-4-6-10-17/h7-8,11-15,17,24H,4-6,9-10H2,1-3H3,(H,25,26). The first kappa shape index (κ1) is 18.4. The number of nitrogens with zero attached hydrogens (tertiary/aromatic N) is 1. The van der Waals surface area contributed by atoms with Crippen LogP contribution in [0.1, 0.15) is 68.8 Å². The smallest absolute Gasteiger partial charge is 0.253 e. The zero-order valence-corrected chi connectivity index (χ0v) is 16.0. The number of hydrogen-bond donors (Lipinski definition) is 2. The van der Waals surface area contributed by atoms with Crippen molar-refractivity contribution in [3.63, 3.8) is 0 Å². The summed E-state index contributed by atoms with van der Waals surface area (Å²) in [4.78, 5) is 16.8. The molecule has 0 spiro atoms. The molecule has 1 amide bonds. The van der Waals surface area contributed by atoms with Gasteiger partial charge in [-0.15, -0.1) is 0 Å².